The smallest absolute Gasteiger partial charge is 0.348 e. The molecule has 5 rings (SSSR count). The van der Waals surface area contributed by atoms with Gasteiger partial charge in [0, 0.05) is 9.75 Å². The molecule has 2 heterocycles. The van der Waals surface area contributed by atoms with Crippen LogP contribution in [0.15, 0.2) is 30.3 Å². The van der Waals surface area contributed by atoms with Gasteiger partial charge in [-0.15, -0.1) is 22.7 Å². The average molecular weight is 482 g/mol. The molecule has 0 radical (unpaired) electrons. The van der Waals surface area contributed by atoms with Crippen LogP contribution in [0.5, 0.6) is 0 Å². The normalized spacial score (nSPS) is 14.0. The molecule has 2 aromatic heterocycles. The molecule has 0 spiro atoms. The van der Waals surface area contributed by atoms with Crippen molar-refractivity contribution in [2.75, 3.05) is 19.0 Å². The topological polar surface area (TPSA) is 81.7 Å². The third-order valence-corrected chi connectivity index (χ3v) is 8.49. The first kappa shape index (κ1) is 21.9. The van der Waals surface area contributed by atoms with Crippen LogP contribution in [0.3, 0.4) is 0 Å². The largest absolute Gasteiger partial charge is 0.465 e. The fraction of sp³-hybridized carbons (Fsp3) is 0.320. The fourth-order valence-corrected chi connectivity index (χ4v) is 6.96. The highest BCUT2D eigenvalue weighted by Gasteiger charge is 2.29. The number of benzene rings is 1. The summed E-state index contributed by atoms with van der Waals surface area (Å²) in [7, 11) is 1.33. The van der Waals surface area contributed by atoms with E-state index in [-0.39, 0.29) is 0 Å². The van der Waals surface area contributed by atoms with Gasteiger partial charge in [-0.05, 0) is 66.8 Å². The van der Waals surface area contributed by atoms with Crippen molar-refractivity contribution >= 4 is 45.5 Å². The molecule has 2 aliphatic rings. The van der Waals surface area contributed by atoms with Crippen molar-refractivity contribution < 1.29 is 23.9 Å². The third kappa shape index (κ3) is 4.20. The number of amides is 1. The number of rotatable bonds is 5. The van der Waals surface area contributed by atoms with E-state index in [9.17, 15) is 14.4 Å². The Labute approximate surface area is 199 Å². The van der Waals surface area contributed by atoms with E-state index in [4.69, 9.17) is 9.47 Å². The van der Waals surface area contributed by atoms with E-state index in [1.165, 1.54) is 45.8 Å². The molecular weight excluding hydrogens is 458 g/mol. The van der Waals surface area contributed by atoms with Crippen LogP contribution in [-0.4, -0.2) is 31.6 Å². The van der Waals surface area contributed by atoms with Crippen LogP contribution in [0.25, 0.3) is 10.4 Å². The lowest BCUT2D eigenvalue weighted by molar-refractivity contribution is -0.119. The number of hydrogen-bond donors (Lipinski definition) is 1. The summed E-state index contributed by atoms with van der Waals surface area (Å²) in [6.07, 6.45) is 5.78. The number of hydrogen-bond acceptors (Lipinski definition) is 7. The summed E-state index contributed by atoms with van der Waals surface area (Å²) in [4.78, 5) is 40.4. The van der Waals surface area contributed by atoms with Gasteiger partial charge >= 0.3 is 11.9 Å². The minimum atomic E-state index is -0.489. The summed E-state index contributed by atoms with van der Waals surface area (Å²) in [5.74, 6) is -1.46. The van der Waals surface area contributed by atoms with Gasteiger partial charge in [-0.1, -0.05) is 24.3 Å². The predicted octanol–water partition coefficient (Wildman–Crippen LogP) is 5.04. The van der Waals surface area contributed by atoms with Crippen molar-refractivity contribution in [1.82, 2.24) is 0 Å². The van der Waals surface area contributed by atoms with E-state index in [0.29, 0.717) is 21.9 Å². The number of nitrogens with one attached hydrogen (secondary N) is 1. The quantitative estimate of drug-likeness (QED) is 0.517. The maximum atomic E-state index is 12.6. The van der Waals surface area contributed by atoms with Gasteiger partial charge in [0.2, 0.25) is 0 Å². The number of carbonyl (C=O) groups is 3. The molecule has 1 amide bonds. The molecular formula is C25H23NO5S2. The first-order chi connectivity index (χ1) is 16.0. The third-order valence-electron chi connectivity index (χ3n) is 6.09. The molecule has 3 aromatic rings. The second-order valence-electron chi connectivity index (χ2n) is 8.15. The number of ether oxygens (including phenoxy) is 2. The predicted molar refractivity (Wildman–Crippen MR) is 128 cm³/mol. The summed E-state index contributed by atoms with van der Waals surface area (Å²) >= 11 is 2.81. The van der Waals surface area contributed by atoms with Crippen molar-refractivity contribution in [1.29, 1.82) is 0 Å². The van der Waals surface area contributed by atoms with E-state index < -0.39 is 24.5 Å². The summed E-state index contributed by atoms with van der Waals surface area (Å²) in [6.45, 7) is -0.416. The molecule has 0 atom stereocenters. The summed E-state index contributed by atoms with van der Waals surface area (Å²) in [5, 5.41) is 3.20. The maximum absolute atomic E-state index is 12.6. The Morgan fingerprint density at radius 2 is 1.79 bits per heavy atom. The Bertz CT molecular complexity index is 1230. The van der Waals surface area contributed by atoms with E-state index >= 15 is 0 Å². The standard InChI is InChI=1S/C25H23NO5S2/c1-30-25(29)21-17-11-10-14-6-2-4-8-16(14)22(17)33-23(21)26-20(27)13-31-24(28)19-12-15-7-3-5-9-18(15)32-19/h2,4,6,8,12H,3,5,7,9-11,13H2,1H3,(H,26,27). The van der Waals surface area contributed by atoms with Gasteiger partial charge in [0.15, 0.2) is 6.61 Å². The van der Waals surface area contributed by atoms with Crippen LogP contribution in [0, 0.1) is 0 Å². The minimum absolute atomic E-state index is 0.387. The van der Waals surface area contributed by atoms with Gasteiger partial charge in [-0.2, -0.15) is 0 Å². The molecule has 2 aliphatic carbocycles. The lowest BCUT2D eigenvalue weighted by atomic mass is 9.89. The minimum Gasteiger partial charge on any atom is -0.465 e. The summed E-state index contributed by atoms with van der Waals surface area (Å²) in [5.41, 5.74) is 4.78. The summed E-state index contributed by atoms with van der Waals surface area (Å²) < 4.78 is 10.3. The zero-order valence-electron chi connectivity index (χ0n) is 18.2. The summed E-state index contributed by atoms with van der Waals surface area (Å²) in [6, 6.07) is 9.96. The number of fused-ring (bicyclic) bond motifs is 4. The molecule has 0 saturated carbocycles. The lowest BCUT2D eigenvalue weighted by Crippen LogP contribution is -2.21. The first-order valence-electron chi connectivity index (χ1n) is 11.0. The van der Waals surface area contributed by atoms with Crippen molar-refractivity contribution in [3.05, 3.63) is 62.3 Å². The molecule has 0 unspecified atom stereocenters. The Kier molecular flexibility index (Phi) is 6.03. The van der Waals surface area contributed by atoms with Crippen molar-refractivity contribution in [2.24, 2.45) is 0 Å². The van der Waals surface area contributed by atoms with Crippen LogP contribution in [0.4, 0.5) is 5.00 Å². The van der Waals surface area contributed by atoms with Crippen LogP contribution >= 0.6 is 22.7 Å². The molecule has 6 nitrogen and oxygen atoms in total. The van der Waals surface area contributed by atoms with Gasteiger partial charge in [0.1, 0.15) is 9.88 Å². The molecule has 0 bridgehead atoms. The fourth-order valence-electron chi connectivity index (χ4n) is 4.50. The molecule has 1 aromatic carbocycles. The van der Waals surface area contributed by atoms with Gasteiger partial charge in [0.25, 0.3) is 5.91 Å². The van der Waals surface area contributed by atoms with Gasteiger partial charge in [-0.3, -0.25) is 4.79 Å². The van der Waals surface area contributed by atoms with E-state index in [1.807, 2.05) is 24.3 Å². The van der Waals surface area contributed by atoms with Gasteiger partial charge in [0.05, 0.1) is 12.7 Å². The molecule has 170 valence electrons. The number of carbonyl (C=O) groups excluding carboxylic acids is 3. The van der Waals surface area contributed by atoms with E-state index in [2.05, 4.69) is 11.4 Å². The van der Waals surface area contributed by atoms with Crippen molar-refractivity contribution in [3.63, 3.8) is 0 Å². The van der Waals surface area contributed by atoms with E-state index in [0.717, 1.165) is 48.1 Å². The second kappa shape index (κ2) is 9.11. The zero-order chi connectivity index (χ0) is 22.9. The molecule has 8 heteroatoms. The Morgan fingerprint density at radius 1 is 0.970 bits per heavy atom. The highest BCUT2D eigenvalue weighted by Crippen LogP contribution is 2.45. The molecule has 1 N–H and O–H groups in total. The highest BCUT2D eigenvalue weighted by atomic mass is 32.1. The molecule has 0 aliphatic heterocycles. The highest BCUT2D eigenvalue weighted by molar-refractivity contribution is 7.20. The Balaban J connectivity index is 1.32. The molecule has 0 saturated heterocycles. The SMILES string of the molecule is COC(=O)c1c(NC(=O)COC(=O)c2cc3c(s2)CCCC3)sc2c1CCc1ccccc1-2. The van der Waals surface area contributed by atoms with Crippen LogP contribution in [0.2, 0.25) is 0 Å². The molecule has 33 heavy (non-hydrogen) atoms. The average Bonchev–Trinajstić information content (AvgIpc) is 3.43. The van der Waals surface area contributed by atoms with Gasteiger partial charge < -0.3 is 14.8 Å². The molecule has 0 fully saturated rings. The second-order valence-corrected chi connectivity index (χ2v) is 10.3. The maximum Gasteiger partial charge on any atom is 0.348 e. The number of aryl methyl sites for hydroxylation is 3. The number of anilines is 1. The Hall–Kier alpha value is -2.97. The number of thiophene rings is 2. The van der Waals surface area contributed by atoms with E-state index in [1.54, 1.807) is 0 Å². The zero-order valence-corrected chi connectivity index (χ0v) is 19.8. The first-order valence-corrected chi connectivity index (χ1v) is 12.6. The van der Waals surface area contributed by atoms with Crippen molar-refractivity contribution in [3.8, 4) is 10.4 Å². The lowest BCUT2D eigenvalue weighted by Gasteiger charge is -2.16. The van der Waals surface area contributed by atoms with Crippen LogP contribution < -0.4 is 5.32 Å². The number of esters is 2. The van der Waals surface area contributed by atoms with Crippen LogP contribution in [-0.2, 0) is 40.0 Å². The van der Waals surface area contributed by atoms with Crippen molar-refractivity contribution in [2.45, 2.75) is 38.5 Å². The Morgan fingerprint density at radius 3 is 2.61 bits per heavy atom. The monoisotopic (exact) mass is 481 g/mol. The van der Waals surface area contributed by atoms with Crippen LogP contribution in [0.1, 0.15) is 54.4 Å². The van der Waals surface area contributed by atoms with Gasteiger partial charge in [-0.25, -0.2) is 9.59 Å². The number of methoxy groups -OCH3 is 1.